The minimum Gasteiger partial charge on any atom is -0.368 e. The van der Waals surface area contributed by atoms with Gasteiger partial charge in [0.15, 0.2) is 0 Å². The number of nitrogens with zero attached hydrogens (tertiary/aromatic N) is 4. The van der Waals surface area contributed by atoms with Gasteiger partial charge < -0.3 is 4.74 Å². The second kappa shape index (κ2) is 7.35. The lowest BCUT2D eigenvalue weighted by Gasteiger charge is -2.32. The summed E-state index contributed by atoms with van der Waals surface area (Å²) in [7, 11) is 0. The van der Waals surface area contributed by atoms with Gasteiger partial charge in [-0.1, -0.05) is 0 Å². The van der Waals surface area contributed by atoms with E-state index in [0.717, 1.165) is 23.8 Å². The summed E-state index contributed by atoms with van der Waals surface area (Å²) in [6.07, 6.45) is 1.10. The normalized spacial score (nSPS) is 21.1. The lowest BCUT2D eigenvalue weighted by molar-refractivity contribution is -0.0329. The predicted molar refractivity (Wildman–Crippen MR) is 75.9 cm³/mol. The van der Waals surface area contributed by atoms with E-state index in [4.69, 9.17) is 15.3 Å². The molecule has 1 aliphatic rings. The Morgan fingerprint density at radius 3 is 3.10 bits per heavy atom. The van der Waals surface area contributed by atoms with Crippen LogP contribution in [0.2, 0.25) is 0 Å². The van der Waals surface area contributed by atoms with Crippen LogP contribution in [-0.2, 0) is 4.74 Å². The van der Waals surface area contributed by atoms with E-state index in [2.05, 4.69) is 22.0 Å². The summed E-state index contributed by atoms with van der Waals surface area (Å²) in [5, 5.41) is 20.8. The minimum atomic E-state index is -0.0774. The number of hydrogen-bond acceptors (Lipinski definition) is 6. The molecule has 0 bridgehead atoms. The molecule has 0 radical (unpaired) electrons. The lowest BCUT2D eigenvalue weighted by atomic mass is 10.0. The summed E-state index contributed by atoms with van der Waals surface area (Å²) in [6.45, 7) is 4.97. The van der Waals surface area contributed by atoms with Crippen molar-refractivity contribution in [3.05, 3.63) is 16.1 Å². The molecule has 20 heavy (non-hydrogen) atoms. The summed E-state index contributed by atoms with van der Waals surface area (Å²) < 4.78 is 5.77. The van der Waals surface area contributed by atoms with Gasteiger partial charge in [-0.3, -0.25) is 4.90 Å². The molecular formula is C14H18N4OS. The molecule has 1 aromatic heterocycles. The molecule has 0 aliphatic carbocycles. The quantitative estimate of drug-likeness (QED) is 0.831. The first-order valence-corrected chi connectivity index (χ1v) is 7.63. The largest absolute Gasteiger partial charge is 0.368 e. The second-order valence-corrected chi connectivity index (χ2v) is 5.86. The molecule has 0 saturated carbocycles. The highest BCUT2D eigenvalue weighted by Gasteiger charge is 2.25. The first kappa shape index (κ1) is 14.9. The van der Waals surface area contributed by atoms with Gasteiger partial charge in [0, 0.05) is 37.1 Å². The molecule has 2 rings (SSSR count). The standard InChI is InChI=1S/C14H18N4OS/c1-11-10-20-14(17-11)13-9-18(5-6-19-13)8-12(7-16)3-2-4-15/h10,12-13H,2-3,5-6,8-9H2,1H3/t12-,13+/m0/s1. The van der Waals surface area contributed by atoms with Crippen molar-refractivity contribution in [2.75, 3.05) is 26.2 Å². The molecule has 106 valence electrons. The molecule has 1 saturated heterocycles. The summed E-state index contributed by atoms with van der Waals surface area (Å²) in [4.78, 5) is 6.72. The Labute approximate surface area is 123 Å². The third-order valence-corrected chi connectivity index (χ3v) is 4.38. The number of ether oxygens (including phenoxy) is 1. The summed E-state index contributed by atoms with van der Waals surface area (Å²) in [6, 6.07) is 4.40. The van der Waals surface area contributed by atoms with Crippen LogP contribution < -0.4 is 0 Å². The number of thiazole rings is 1. The van der Waals surface area contributed by atoms with E-state index in [1.54, 1.807) is 11.3 Å². The maximum Gasteiger partial charge on any atom is 0.123 e. The SMILES string of the molecule is Cc1csc([C@H]2CN(C[C@H](C#N)CCC#N)CCO2)n1. The smallest absolute Gasteiger partial charge is 0.123 e. The highest BCUT2D eigenvalue weighted by Crippen LogP contribution is 2.25. The number of aromatic nitrogens is 1. The maximum atomic E-state index is 9.14. The number of morpholine rings is 1. The number of hydrogen-bond donors (Lipinski definition) is 0. The van der Waals surface area contributed by atoms with E-state index < -0.39 is 0 Å². The number of rotatable bonds is 5. The van der Waals surface area contributed by atoms with Gasteiger partial charge in [-0.2, -0.15) is 10.5 Å². The van der Waals surface area contributed by atoms with Crippen LogP contribution in [0.1, 0.15) is 29.6 Å². The van der Waals surface area contributed by atoms with Crippen LogP contribution in [0, 0.1) is 35.5 Å². The Hall–Kier alpha value is -1.47. The zero-order chi connectivity index (χ0) is 14.4. The van der Waals surface area contributed by atoms with Crippen molar-refractivity contribution in [2.45, 2.75) is 25.9 Å². The average molecular weight is 290 g/mol. The molecule has 0 unspecified atom stereocenters. The molecule has 0 N–H and O–H groups in total. The predicted octanol–water partition coefficient (Wildman–Crippen LogP) is 2.27. The van der Waals surface area contributed by atoms with Crippen molar-refractivity contribution in [1.29, 1.82) is 10.5 Å². The van der Waals surface area contributed by atoms with E-state index in [1.807, 2.05) is 12.3 Å². The van der Waals surface area contributed by atoms with Gasteiger partial charge in [0.05, 0.1) is 24.7 Å². The van der Waals surface area contributed by atoms with Crippen LogP contribution in [-0.4, -0.2) is 36.1 Å². The molecule has 5 nitrogen and oxygen atoms in total. The average Bonchev–Trinajstić information content (AvgIpc) is 2.90. The number of nitriles is 2. The summed E-state index contributed by atoms with van der Waals surface area (Å²) in [5.74, 6) is -0.0774. The van der Waals surface area contributed by atoms with Gasteiger partial charge in [0.25, 0.3) is 0 Å². The molecule has 1 fully saturated rings. The van der Waals surface area contributed by atoms with Crippen LogP contribution in [0.3, 0.4) is 0 Å². The van der Waals surface area contributed by atoms with E-state index in [0.29, 0.717) is 26.0 Å². The third kappa shape index (κ3) is 4.01. The highest BCUT2D eigenvalue weighted by molar-refractivity contribution is 7.09. The lowest BCUT2D eigenvalue weighted by Crippen LogP contribution is -2.40. The fourth-order valence-electron chi connectivity index (χ4n) is 2.28. The molecule has 1 aromatic rings. The van der Waals surface area contributed by atoms with Gasteiger partial charge >= 0.3 is 0 Å². The zero-order valence-electron chi connectivity index (χ0n) is 11.6. The van der Waals surface area contributed by atoms with Gasteiger partial charge in [-0.15, -0.1) is 11.3 Å². The van der Waals surface area contributed by atoms with Gasteiger partial charge in [0.2, 0.25) is 0 Å². The van der Waals surface area contributed by atoms with Crippen LogP contribution in [0.5, 0.6) is 0 Å². The Kier molecular flexibility index (Phi) is 5.49. The second-order valence-electron chi connectivity index (χ2n) is 4.97. The molecular weight excluding hydrogens is 272 g/mol. The van der Waals surface area contributed by atoms with Gasteiger partial charge in [-0.05, 0) is 13.3 Å². The topological polar surface area (TPSA) is 72.9 Å². The van der Waals surface area contributed by atoms with Crippen LogP contribution in [0.25, 0.3) is 0 Å². The summed E-state index contributed by atoms with van der Waals surface area (Å²) in [5.41, 5.74) is 1.02. The van der Waals surface area contributed by atoms with Crippen molar-refractivity contribution in [1.82, 2.24) is 9.88 Å². The van der Waals surface area contributed by atoms with E-state index in [-0.39, 0.29) is 12.0 Å². The van der Waals surface area contributed by atoms with E-state index in [1.165, 1.54) is 0 Å². The Morgan fingerprint density at radius 2 is 2.45 bits per heavy atom. The summed E-state index contributed by atoms with van der Waals surface area (Å²) >= 11 is 1.63. The minimum absolute atomic E-state index is 0.0118. The zero-order valence-corrected chi connectivity index (χ0v) is 12.4. The van der Waals surface area contributed by atoms with Crippen molar-refractivity contribution < 1.29 is 4.74 Å². The Bertz CT molecular complexity index is 516. The molecule has 2 heterocycles. The third-order valence-electron chi connectivity index (χ3n) is 3.33. The van der Waals surface area contributed by atoms with Crippen molar-refractivity contribution in [3.8, 4) is 12.1 Å². The van der Waals surface area contributed by atoms with Crippen molar-refractivity contribution >= 4 is 11.3 Å². The fraction of sp³-hybridized carbons (Fsp3) is 0.643. The molecule has 1 aliphatic heterocycles. The van der Waals surface area contributed by atoms with E-state index >= 15 is 0 Å². The highest BCUT2D eigenvalue weighted by atomic mass is 32.1. The number of aryl methyl sites for hydroxylation is 1. The van der Waals surface area contributed by atoms with Crippen LogP contribution in [0.15, 0.2) is 5.38 Å². The Balaban J connectivity index is 1.90. The van der Waals surface area contributed by atoms with Crippen molar-refractivity contribution in [3.63, 3.8) is 0 Å². The van der Waals surface area contributed by atoms with Crippen molar-refractivity contribution in [2.24, 2.45) is 5.92 Å². The first-order chi connectivity index (χ1) is 9.72. The maximum absolute atomic E-state index is 9.14. The van der Waals surface area contributed by atoms with Gasteiger partial charge in [0.1, 0.15) is 11.1 Å². The molecule has 0 amide bonds. The molecule has 0 aromatic carbocycles. The Morgan fingerprint density at radius 1 is 1.60 bits per heavy atom. The van der Waals surface area contributed by atoms with Crippen LogP contribution >= 0.6 is 11.3 Å². The first-order valence-electron chi connectivity index (χ1n) is 6.75. The van der Waals surface area contributed by atoms with E-state index in [9.17, 15) is 0 Å². The molecule has 2 atom stereocenters. The fourth-order valence-corrected chi connectivity index (χ4v) is 3.12. The van der Waals surface area contributed by atoms with Crippen LogP contribution in [0.4, 0.5) is 0 Å². The molecule has 0 spiro atoms. The van der Waals surface area contributed by atoms with Gasteiger partial charge in [-0.25, -0.2) is 4.98 Å². The monoisotopic (exact) mass is 290 g/mol. The molecule has 6 heteroatoms.